The summed E-state index contributed by atoms with van der Waals surface area (Å²) >= 11 is 0. The van der Waals surface area contributed by atoms with Crippen molar-refractivity contribution in [1.29, 1.82) is 0 Å². The molecule has 1 heterocycles. The predicted octanol–water partition coefficient (Wildman–Crippen LogP) is 0.741. The number of hydrogen-bond donors (Lipinski definition) is 0. The van der Waals surface area contributed by atoms with Crippen molar-refractivity contribution < 1.29 is 35.2 Å². The first-order chi connectivity index (χ1) is 6.83. The highest BCUT2D eigenvalue weighted by Gasteiger charge is 2.47. The van der Waals surface area contributed by atoms with Gasteiger partial charge in [-0.2, -0.15) is 21.6 Å². The van der Waals surface area contributed by atoms with Crippen molar-refractivity contribution in [3.63, 3.8) is 0 Å². The number of hydrogen-bond acceptors (Lipinski definition) is 5. The average Bonchev–Trinajstić information content (AvgIpc) is 2.15. The summed E-state index contributed by atoms with van der Waals surface area (Å²) < 4.78 is 69.4. The number of alkyl halides is 3. The van der Waals surface area contributed by atoms with Gasteiger partial charge in [0.25, 0.3) is 0 Å². The minimum atomic E-state index is -5.57. The van der Waals surface area contributed by atoms with E-state index >= 15 is 0 Å². The second kappa shape index (κ2) is 4.27. The molecule has 0 unspecified atom stereocenters. The quantitative estimate of drug-likeness (QED) is 0.544. The van der Waals surface area contributed by atoms with Gasteiger partial charge in [0, 0.05) is 0 Å². The van der Waals surface area contributed by atoms with Crippen molar-refractivity contribution in [3.8, 4) is 0 Å². The molecule has 0 amide bonds. The van der Waals surface area contributed by atoms with E-state index in [9.17, 15) is 21.6 Å². The second-order valence-corrected chi connectivity index (χ2v) is 4.07. The summed E-state index contributed by atoms with van der Waals surface area (Å²) in [5.41, 5.74) is -5.43. The Morgan fingerprint density at radius 2 is 2.07 bits per heavy atom. The van der Waals surface area contributed by atoms with Gasteiger partial charge in [-0.1, -0.05) is 0 Å². The lowest BCUT2D eigenvalue weighted by atomic mass is 10.5. The molecule has 0 N–H and O–H groups in total. The van der Waals surface area contributed by atoms with Crippen LogP contribution in [0.3, 0.4) is 0 Å². The Hall–Kier alpha value is -0.960. The zero-order valence-corrected chi connectivity index (χ0v) is 8.10. The van der Waals surface area contributed by atoms with Gasteiger partial charge in [-0.3, -0.25) is 4.18 Å². The van der Waals surface area contributed by atoms with Gasteiger partial charge in [-0.15, -0.1) is 0 Å². The fourth-order valence-corrected chi connectivity index (χ4v) is 1.09. The fourth-order valence-electron chi connectivity index (χ4n) is 0.685. The SMILES string of the molecule is O=S(=O)(OCC1=COCCO1)C(F)(F)F. The molecule has 1 aliphatic rings. The zero-order valence-electron chi connectivity index (χ0n) is 7.28. The van der Waals surface area contributed by atoms with Crippen LogP contribution in [0.2, 0.25) is 0 Å². The molecule has 88 valence electrons. The lowest BCUT2D eigenvalue weighted by Gasteiger charge is -2.15. The van der Waals surface area contributed by atoms with Crippen LogP contribution in [-0.4, -0.2) is 33.7 Å². The minimum absolute atomic E-state index is 0.103. The first-order valence-corrected chi connectivity index (χ1v) is 5.13. The Kier molecular flexibility index (Phi) is 3.45. The first kappa shape index (κ1) is 12.1. The molecule has 15 heavy (non-hydrogen) atoms. The van der Waals surface area contributed by atoms with Gasteiger partial charge in [0.1, 0.15) is 26.1 Å². The molecule has 0 aromatic heterocycles. The summed E-state index contributed by atoms with van der Waals surface area (Å²) in [6, 6.07) is 0. The fraction of sp³-hybridized carbons (Fsp3) is 0.667. The lowest BCUT2D eigenvalue weighted by molar-refractivity contribution is -0.0548. The molecule has 0 spiro atoms. The monoisotopic (exact) mass is 248 g/mol. The van der Waals surface area contributed by atoms with Crippen LogP contribution in [0.1, 0.15) is 0 Å². The van der Waals surface area contributed by atoms with E-state index in [0.717, 1.165) is 6.26 Å². The van der Waals surface area contributed by atoms with Crippen LogP contribution in [0.4, 0.5) is 13.2 Å². The highest BCUT2D eigenvalue weighted by atomic mass is 32.2. The molecule has 0 fully saturated rings. The molecule has 0 radical (unpaired) electrons. The third-order valence-corrected chi connectivity index (χ3v) is 2.34. The second-order valence-electron chi connectivity index (χ2n) is 2.47. The van der Waals surface area contributed by atoms with Crippen molar-refractivity contribution in [1.82, 2.24) is 0 Å². The maximum absolute atomic E-state index is 11.8. The molecule has 0 aromatic carbocycles. The summed E-state index contributed by atoms with van der Waals surface area (Å²) in [6.07, 6.45) is 1.01. The molecule has 5 nitrogen and oxygen atoms in total. The molecule has 9 heteroatoms. The highest BCUT2D eigenvalue weighted by Crippen LogP contribution is 2.25. The number of halogens is 3. The summed E-state index contributed by atoms with van der Waals surface area (Å²) in [5, 5.41) is 0. The number of ether oxygens (including phenoxy) is 2. The molecule has 0 aromatic rings. The molecule has 0 saturated heterocycles. The van der Waals surface area contributed by atoms with Crippen LogP contribution in [0.15, 0.2) is 12.0 Å². The van der Waals surface area contributed by atoms with E-state index in [0.29, 0.717) is 0 Å². The molecule has 1 rings (SSSR count). The van der Waals surface area contributed by atoms with Gasteiger partial charge >= 0.3 is 15.6 Å². The van der Waals surface area contributed by atoms with Crippen molar-refractivity contribution in [3.05, 3.63) is 12.0 Å². The molecule has 1 aliphatic heterocycles. The molecule has 0 aliphatic carbocycles. The van der Waals surface area contributed by atoms with Crippen LogP contribution in [-0.2, 0) is 23.8 Å². The van der Waals surface area contributed by atoms with Crippen LogP contribution in [0, 0.1) is 0 Å². The maximum Gasteiger partial charge on any atom is 0.523 e. The normalized spacial score (nSPS) is 17.7. The summed E-state index contributed by atoms with van der Waals surface area (Å²) in [4.78, 5) is 0. The topological polar surface area (TPSA) is 61.8 Å². The smallest absolute Gasteiger partial charge is 0.494 e. The standard InChI is InChI=1S/C6H7F3O5S/c7-6(8,9)15(10,11)14-4-5-3-12-1-2-13-5/h3H,1-2,4H2. The van der Waals surface area contributed by atoms with Gasteiger partial charge in [0.05, 0.1) is 0 Å². The Morgan fingerprint density at radius 1 is 1.40 bits per heavy atom. The van der Waals surface area contributed by atoms with Crippen LogP contribution >= 0.6 is 0 Å². The Morgan fingerprint density at radius 3 is 2.53 bits per heavy atom. The minimum Gasteiger partial charge on any atom is -0.494 e. The Balaban J connectivity index is 2.53. The van der Waals surface area contributed by atoms with Gasteiger partial charge in [-0.05, 0) is 0 Å². The van der Waals surface area contributed by atoms with Gasteiger partial charge in [0.2, 0.25) is 0 Å². The summed E-state index contributed by atoms with van der Waals surface area (Å²) in [5.74, 6) is -0.103. The van der Waals surface area contributed by atoms with Crippen molar-refractivity contribution >= 4 is 10.1 Å². The van der Waals surface area contributed by atoms with Crippen molar-refractivity contribution in [2.45, 2.75) is 5.51 Å². The van der Waals surface area contributed by atoms with E-state index < -0.39 is 22.2 Å². The van der Waals surface area contributed by atoms with Gasteiger partial charge < -0.3 is 9.47 Å². The Bertz CT molecular complexity index is 344. The third kappa shape index (κ3) is 3.27. The van der Waals surface area contributed by atoms with E-state index in [2.05, 4.69) is 8.92 Å². The van der Waals surface area contributed by atoms with Crippen LogP contribution in [0.5, 0.6) is 0 Å². The van der Waals surface area contributed by atoms with E-state index in [-0.39, 0.29) is 19.0 Å². The predicted molar refractivity (Wildman–Crippen MR) is 40.9 cm³/mol. The van der Waals surface area contributed by atoms with Crippen molar-refractivity contribution in [2.75, 3.05) is 19.8 Å². The number of rotatable bonds is 3. The maximum atomic E-state index is 11.8. The van der Waals surface area contributed by atoms with E-state index in [1.165, 1.54) is 0 Å². The summed E-state index contributed by atoms with van der Waals surface area (Å²) in [6.45, 7) is -0.432. The Labute approximate surface area is 83.5 Å². The largest absolute Gasteiger partial charge is 0.523 e. The molecular formula is C6H7F3O5S. The molecule has 0 saturated carbocycles. The zero-order chi connectivity index (χ0) is 11.5. The van der Waals surface area contributed by atoms with Crippen molar-refractivity contribution in [2.24, 2.45) is 0 Å². The van der Waals surface area contributed by atoms with E-state index in [1.807, 2.05) is 0 Å². The molecular weight excluding hydrogens is 241 g/mol. The van der Waals surface area contributed by atoms with E-state index in [4.69, 9.17) is 4.74 Å². The average molecular weight is 248 g/mol. The van der Waals surface area contributed by atoms with Gasteiger partial charge in [0.15, 0.2) is 5.76 Å². The molecule has 0 bridgehead atoms. The highest BCUT2D eigenvalue weighted by molar-refractivity contribution is 7.87. The van der Waals surface area contributed by atoms with Gasteiger partial charge in [-0.25, -0.2) is 0 Å². The third-order valence-electron chi connectivity index (χ3n) is 1.34. The van der Waals surface area contributed by atoms with Crippen LogP contribution in [0.25, 0.3) is 0 Å². The first-order valence-electron chi connectivity index (χ1n) is 3.72. The van der Waals surface area contributed by atoms with E-state index in [1.54, 1.807) is 0 Å². The molecule has 0 atom stereocenters. The summed E-state index contributed by atoms with van der Waals surface area (Å²) in [7, 11) is -5.57. The van der Waals surface area contributed by atoms with Crippen LogP contribution < -0.4 is 0 Å². The lowest BCUT2D eigenvalue weighted by Crippen LogP contribution is -2.27.